The quantitative estimate of drug-likeness (QED) is 0.812. The van der Waals surface area contributed by atoms with Crippen molar-refractivity contribution >= 4 is 28.6 Å². The molecule has 0 aromatic carbocycles. The zero-order chi connectivity index (χ0) is 17.6. The van der Waals surface area contributed by atoms with E-state index >= 15 is 0 Å². The van der Waals surface area contributed by atoms with Crippen molar-refractivity contribution in [3.63, 3.8) is 0 Å². The molecule has 6 heteroatoms. The number of nitrogens with zero attached hydrogens (tertiary/aromatic N) is 1. The van der Waals surface area contributed by atoms with E-state index in [-0.39, 0.29) is 6.10 Å². The molecule has 4 atom stereocenters. The molecule has 2 bridgehead atoms. The largest absolute Gasteiger partial charge is 0.459 e. The van der Waals surface area contributed by atoms with E-state index in [0.29, 0.717) is 27.6 Å². The summed E-state index contributed by atoms with van der Waals surface area (Å²) in [6.07, 6.45) is 3.12. The fourth-order valence-corrected chi connectivity index (χ4v) is 6.40. The lowest BCUT2D eigenvalue weighted by atomic mass is 9.96. The topological polar surface area (TPSA) is 49.8 Å². The molecular weight excluding hydrogens is 354 g/mol. The van der Waals surface area contributed by atoms with Crippen molar-refractivity contribution in [1.29, 1.82) is 0 Å². The lowest BCUT2D eigenvalue weighted by molar-refractivity contribution is -0.170. The molecule has 2 aromatic rings. The molecule has 2 aliphatic rings. The van der Waals surface area contributed by atoms with Crippen molar-refractivity contribution in [3.8, 4) is 0 Å². The van der Waals surface area contributed by atoms with Gasteiger partial charge in [-0.25, -0.2) is 4.79 Å². The van der Waals surface area contributed by atoms with Crippen LogP contribution in [0.25, 0.3) is 0 Å². The van der Waals surface area contributed by atoms with Gasteiger partial charge >= 0.3 is 5.97 Å². The van der Waals surface area contributed by atoms with Gasteiger partial charge in [0, 0.05) is 12.0 Å². The van der Waals surface area contributed by atoms with Crippen molar-refractivity contribution in [2.45, 2.75) is 37.0 Å². The number of esters is 1. The van der Waals surface area contributed by atoms with E-state index < -0.39 is 11.6 Å². The van der Waals surface area contributed by atoms with Crippen LogP contribution in [-0.2, 0) is 15.1 Å². The second-order valence-electron chi connectivity index (χ2n) is 7.30. The van der Waals surface area contributed by atoms with E-state index in [1.165, 1.54) is 29.1 Å². The molecule has 4 rings (SSSR count). The smallest absolute Gasteiger partial charge is 0.349 e. The summed E-state index contributed by atoms with van der Waals surface area (Å²) in [6.45, 7) is 0. The Morgan fingerprint density at radius 1 is 1.20 bits per heavy atom. The Bertz CT molecular complexity index is 692. The minimum Gasteiger partial charge on any atom is -0.459 e. The van der Waals surface area contributed by atoms with Crippen LogP contribution in [0.3, 0.4) is 0 Å². The van der Waals surface area contributed by atoms with Gasteiger partial charge in [0.25, 0.3) is 0 Å². The highest BCUT2D eigenvalue weighted by Crippen LogP contribution is 2.49. The Morgan fingerprint density at radius 2 is 1.84 bits per heavy atom. The lowest BCUT2D eigenvalue weighted by Crippen LogP contribution is -2.41. The molecule has 2 aromatic heterocycles. The van der Waals surface area contributed by atoms with Gasteiger partial charge in [0.1, 0.15) is 6.10 Å². The highest BCUT2D eigenvalue weighted by molar-refractivity contribution is 7.12. The van der Waals surface area contributed by atoms with Crippen LogP contribution in [0.5, 0.6) is 0 Å². The summed E-state index contributed by atoms with van der Waals surface area (Å²) >= 11 is 2.77. The van der Waals surface area contributed by atoms with Gasteiger partial charge in [0.05, 0.1) is 9.75 Å². The maximum Gasteiger partial charge on any atom is 0.349 e. The Kier molecular flexibility index (Phi) is 4.48. The Labute approximate surface area is 156 Å². The summed E-state index contributed by atoms with van der Waals surface area (Å²) in [7, 11) is 4.21. The number of carbonyl (C=O) groups excluding carboxylic acids is 1. The van der Waals surface area contributed by atoms with Crippen LogP contribution in [0.15, 0.2) is 35.0 Å². The van der Waals surface area contributed by atoms with Gasteiger partial charge in [0.15, 0.2) is 0 Å². The average Bonchev–Trinajstić information content (AvgIpc) is 3.37. The van der Waals surface area contributed by atoms with Crippen molar-refractivity contribution in [2.75, 3.05) is 14.1 Å². The average molecular weight is 378 g/mol. The van der Waals surface area contributed by atoms with Crippen molar-refractivity contribution in [3.05, 3.63) is 44.8 Å². The predicted molar refractivity (Wildman–Crippen MR) is 99.8 cm³/mol. The van der Waals surface area contributed by atoms with Crippen LogP contribution >= 0.6 is 22.7 Å². The molecule has 2 aliphatic carbocycles. The standard InChI is InChI=1S/C19H23NO3S2/c1-20(2)17-12-7-8-13(17)14(11-12)23-18(21)19(22,15-5-3-9-24-15)16-6-4-10-25-16/h3-6,9-10,12-14,17,22H,7-8,11H2,1-2H3/t12?,13-,14-,17?/m1/s1. The summed E-state index contributed by atoms with van der Waals surface area (Å²) in [5.41, 5.74) is -1.70. The summed E-state index contributed by atoms with van der Waals surface area (Å²) in [4.78, 5) is 16.6. The number of ether oxygens (including phenoxy) is 1. The van der Waals surface area contributed by atoms with E-state index in [9.17, 15) is 9.90 Å². The molecule has 2 heterocycles. The van der Waals surface area contributed by atoms with Crippen LogP contribution in [-0.4, -0.2) is 42.2 Å². The Hall–Kier alpha value is -1.21. The molecule has 2 saturated carbocycles. The molecule has 4 nitrogen and oxygen atoms in total. The van der Waals surface area contributed by atoms with Crippen LogP contribution in [0.1, 0.15) is 29.0 Å². The van der Waals surface area contributed by atoms with Gasteiger partial charge in [-0.3, -0.25) is 0 Å². The minimum absolute atomic E-state index is 0.0925. The number of aliphatic hydroxyl groups is 1. The third kappa shape index (κ3) is 2.76. The van der Waals surface area contributed by atoms with E-state index in [0.717, 1.165) is 12.8 Å². The van der Waals surface area contributed by atoms with Crippen molar-refractivity contribution < 1.29 is 14.6 Å². The van der Waals surface area contributed by atoms with Crippen LogP contribution < -0.4 is 0 Å². The number of rotatable bonds is 5. The summed E-state index contributed by atoms with van der Waals surface area (Å²) in [5, 5.41) is 15.1. The molecule has 2 unspecified atom stereocenters. The Balaban J connectivity index is 1.59. The van der Waals surface area contributed by atoms with Gasteiger partial charge in [0.2, 0.25) is 5.60 Å². The first-order valence-electron chi connectivity index (χ1n) is 8.69. The number of thiophene rings is 2. The first-order chi connectivity index (χ1) is 12.0. The van der Waals surface area contributed by atoms with Gasteiger partial charge in [-0.15, -0.1) is 22.7 Å². The lowest BCUT2D eigenvalue weighted by Gasteiger charge is -2.30. The SMILES string of the molecule is CN(C)C1C2CC[C@@H]1[C@H](OC(=O)C(O)(c1cccs1)c1cccs1)C2. The monoisotopic (exact) mass is 377 g/mol. The molecule has 0 spiro atoms. The highest BCUT2D eigenvalue weighted by Gasteiger charge is 2.53. The van der Waals surface area contributed by atoms with Crippen LogP contribution in [0.4, 0.5) is 0 Å². The third-order valence-electron chi connectivity index (χ3n) is 5.71. The summed E-state index contributed by atoms with van der Waals surface area (Å²) in [6, 6.07) is 7.79. The first kappa shape index (κ1) is 17.2. The fraction of sp³-hybridized carbons (Fsp3) is 0.526. The second-order valence-corrected chi connectivity index (χ2v) is 9.20. The number of hydrogen-bond acceptors (Lipinski definition) is 6. The molecule has 25 heavy (non-hydrogen) atoms. The zero-order valence-electron chi connectivity index (χ0n) is 14.4. The van der Waals surface area contributed by atoms with Crippen molar-refractivity contribution in [1.82, 2.24) is 4.90 Å². The fourth-order valence-electron chi connectivity index (χ4n) is 4.69. The van der Waals surface area contributed by atoms with E-state index in [2.05, 4.69) is 19.0 Å². The van der Waals surface area contributed by atoms with Gasteiger partial charge in [-0.1, -0.05) is 12.1 Å². The molecule has 0 aliphatic heterocycles. The van der Waals surface area contributed by atoms with Crippen LogP contribution in [0.2, 0.25) is 0 Å². The maximum absolute atomic E-state index is 13.1. The second kappa shape index (κ2) is 6.50. The van der Waals surface area contributed by atoms with E-state index in [4.69, 9.17) is 4.74 Å². The molecule has 0 saturated heterocycles. The van der Waals surface area contributed by atoms with Crippen LogP contribution in [0, 0.1) is 11.8 Å². The van der Waals surface area contributed by atoms with Crippen molar-refractivity contribution in [2.24, 2.45) is 11.8 Å². The molecular formula is C19H23NO3S2. The number of carbonyl (C=O) groups is 1. The van der Waals surface area contributed by atoms with Gasteiger partial charge in [-0.05, 0) is 62.2 Å². The summed E-state index contributed by atoms with van der Waals surface area (Å²) < 4.78 is 5.94. The van der Waals surface area contributed by atoms with E-state index in [1.807, 2.05) is 22.9 Å². The predicted octanol–water partition coefficient (Wildman–Crippen LogP) is 3.32. The minimum atomic E-state index is -1.70. The van der Waals surface area contributed by atoms with Gasteiger partial charge < -0.3 is 14.7 Å². The number of fused-ring (bicyclic) bond motifs is 2. The molecule has 2 fully saturated rings. The normalized spacial score (nSPS) is 28.6. The van der Waals surface area contributed by atoms with Gasteiger partial charge in [-0.2, -0.15) is 0 Å². The molecule has 134 valence electrons. The number of hydrogen-bond donors (Lipinski definition) is 1. The van der Waals surface area contributed by atoms with E-state index in [1.54, 1.807) is 12.1 Å². The third-order valence-corrected chi connectivity index (χ3v) is 7.67. The molecule has 0 radical (unpaired) electrons. The maximum atomic E-state index is 13.1. The highest BCUT2D eigenvalue weighted by atomic mass is 32.1. The first-order valence-corrected chi connectivity index (χ1v) is 10.5. The zero-order valence-corrected chi connectivity index (χ0v) is 16.1. The molecule has 0 amide bonds. The summed E-state index contributed by atoms with van der Waals surface area (Å²) in [5.74, 6) is 0.432. The Morgan fingerprint density at radius 3 is 2.32 bits per heavy atom. The molecule has 1 N–H and O–H groups in total.